The van der Waals surface area contributed by atoms with Crippen LogP contribution < -0.4 is 5.32 Å². The van der Waals surface area contributed by atoms with E-state index in [-0.39, 0.29) is 0 Å². The van der Waals surface area contributed by atoms with Gasteiger partial charge >= 0.3 is 0 Å². The summed E-state index contributed by atoms with van der Waals surface area (Å²) >= 11 is 12.2. The third-order valence-corrected chi connectivity index (χ3v) is 5.10. The van der Waals surface area contributed by atoms with Crippen LogP contribution >= 0.6 is 23.2 Å². The number of aliphatic hydroxyl groups excluding tert-OH is 2. The number of hydrogen-bond donors (Lipinski definition) is 3. The summed E-state index contributed by atoms with van der Waals surface area (Å²) in [5, 5.41) is 24.5. The van der Waals surface area contributed by atoms with E-state index < -0.39 is 24.5 Å². The molecule has 0 bridgehead atoms. The summed E-state index contributed by atoms with van der Waals surface area (Å²) in [6.07, 6.45) is -1.03. The fraction of sp³-hybridized carbons (Fsp3) is 0.533. The molecule has 0 spiro atoms. The van der Waals surface area contributed by atoms with Crippen molar-refractivity contribution in [2.75, 3.05) is 5.32 Å². The molecule has 2 heterocycles. The molecule has 4 atom stereocenters. The minimum absolute atomic E-state index is 0.373. The highest BCUT2D eigenvalue weighted by atomic mass is 35.5. The van der Waals surface area contributed by atoms with Gasteiger partial charge in [-0.3, -0.25) is 4.57 Å². The highest BCUT2D eigenvalue weighted by molar-refractivity contribution is 6.42. The van der Waals surface area contributed by atoms with Crippen LogP contribution in [-0.2, 0) is 4.74 Å². The molecule has 1 saturated heterocycles. The van der Waals surface area contributed by atoms with Crippen molar-refractivity contribution in [3.63, 3.8) is 0 Å². The lowest BCUT2D eigenvalue weighted by Crippen LogP contribution is -2.30. The van der Waals surface area contributed by atoms with Crippen molar-refractivity contribution in [1.82, 2.24) is 9.55 Å². The molecule has 124 valence electrons. The second-order valence-electron chi connectivity index (χ2n) is 6.19. The lowest BCUT2D eigenvalue weighted by atomic mass is 10.1. The molecule has 1 aliphatic carbocycles. The average molecular weight is 358 g/mol. The molecule has 0 unspecified atom stereocenters. The summed E-state index contributed by atoms with van der Waals surface area (Å²) in [6.45, 7) is 1.73. The summed E-state index contributed by atoms with van der Waals surface area (Å²) in [6, 6.07) is 3.77. The zero-order chi connectivity index (χ0) is 16.3. The fourth-order valence-electron chi connectivity index (χ4n) is 2.90. The van der Waals surface area contributed by atoms with Crippen LogP contribution in [0.3, 0.4) is 0 Å². The Morgan fingerprint density at radius 2 is 1.91 bits per heavy atom. The molecule has 1 aromatic carbocycles. The van der Waals surface area contributed by atoms with Crippen molar-refractivity contribution in [2.24, 2.45) is 0 Å². The van der Waals surface area contributed by atoms with Gasteiger partial charge in [0.25, 0.3) is 0 Å². The first-order valence-corrected chi connectivity index (χ1v) is 8.36. The van der Waals surface area contributed by atoms with Crippen molar-refractivity contribution < 1.29 is 14.9 Å². The topological polar surface area (TPSA) is 79.5 Å². The summed E-state index contributed by atoms with van der Waals surface area (Å²) in [5.41, 5.74) is 1.36. The zero-order valence-electron chi connectivity index (χ0n) is 12.4. The number of nitrogens with zero attached hydrogens (tertiary/aromatic N) is 2. The van der Waals surface area contributed by atoms with Crippen LogP contribution in [-0.4, -0.2) is 44.1 Å². The predicted octanol–water partition coefficient (Wildman–Crippen LogP) is 2.56. The lowest BCUT2D eigenvalue weighted by Gasteiger charge is -2.20. The van der Waals surface area contributed by atoms with E-state index in [1.54, 1.807) is 23.6 Å². The quantitative estimate of drug-likeness (QED) is 0.786. The Bertz CT molecular complexity index is 762. The maximum Gasteiger partial charge on any atom is 0.206 e. The molecule has 1 aromatic heterocycles. The SMILES string of the molecule is C[C@H]1O[C@@H](n2c(NC3CC3)nc3cc(Cl)c(Cl)cc32)[C@H](O)[C@@H]1O. The smallest absolute Gasteiger partial charge is 0.206 e. The maximum atomic E-state index is 10.3. The van der Waals surface area contributed by atoms with Crippen LogP contribution in [0, 0.1) is 0 Å². The Balaban J connectivity index is 1.86. The molecule has 2 fully saturated rings. The van der Waals surface area contributed by atoms with Gasteiger partial charge in [-0.2, -0.15) is 0 Å². The summed E-state index contributed by atoms with van der Waals surface area (Å²) in [5.74, 6) is 0.589. The molecular weight excluding hydrogens is 341 g/mol. The number of rotatable bonds is 3. The Hall–Kier alpha value is -1.05. The van der Waals surface area contributed by atoms with Crippen molar-refractivity contribution in [2.45, 2.75) is 50.3 Å². The third kappa shape index (κ3) is 2.58. The number of aromatic nitrogens is 2. The lowest BCUT2D eigenvalue weighted by molar-refractivity contribution is -0.0284. The monoisotopic (exact) mass is 357 g/mol. The van der Waals surface area contributed by atoms with Crippen molar-refractivity contribution >= 4 is 40.2 Å². The molecule has 3 N–H and O–H groups in total. The third-order valence-electron chi connectivity index (χ3n) is 4.37. The number of nitrogens with one attached hydrogen (secondary N) is 1. The first kappa shape index (κ1) is 15.5. The highest BCUT2D eigenvalue weighted by Gasteiger charge is 2.43. The van der Waals surface area contributed by atoms with E-state index in [4.69, 9.17) is 27.9 Å². The number of fused-ring (bicyclic) bond motifs is 1. The molecular formula is C15H17Cl2N3O3. The summed E-state index contributed by atoms with van der Waals surface area (Å²) < 4.78 is 7.52. The Labute approximate surface area is 143 Å². The van der Waals surface area contributed by atoms with Gasteiger partial charge in [0.05, 0.1) is 27.2 Å². The molecule has 23 heavy (non-hydrogen) atoms. The van der Waals surface area contributed by atoms with Crippen LogP contribution in [0.15, 0.2) is 12.1 Å². The number of ether oxygens (including phenoxy) is 1. The molecule has 2 aromatic rings. The van der Waals surface area contributed by atoms with Gasteiger partial charge in [0.2, 0.25) is 5.95 Å². The van der Waals surface area contributed by atoms with E-state index in [9.17, 15) is 10.2 Å². The Morgan fingerprint density at radius 1 is 1.22 bits per heavy atom. The fourth-order valence-corrected chi connectivity index (χ4v) is 3.22. The minimum Gasteiger partial charge on any atom is -0.388 e. The number of anilines is 1. The first-order chi connectivity index (χ1) is 11.0. The molecule has 2 aliphatic rings. The Morgan fingerprint density at radius 3 is 2.52 bits per heavy atom. The van der Waals surface area contributed by atoms with E-state index in [1.807, 2.05) is 0 Å². The molecule has 6 nitrogen and oxygen atoms in total. The number of halogens is 2. The highest BCUT2D eigenvalue weighted by Crippen LogP contribution is 2.38. The number of hydrogen-bond acceptors (Lipinski definition) is 5. The van der Waals surface area contributed by atoms with Crippen molar-refractivity contribution in [3.8, 4) is 0 Å². The zero-order valence-corrected chi connectivity index (χ0v) is 13.9. The van der Waals surface area contributed by atoms with E-state index in [0.29, 0.717) is 33.1 Å². The molecule has 8 heteroatoms. The van der Waals surface area contributed by atoms with Gasteiger partial charge in [-0.25, -0.2) is 4.98 Å². The summed E-state index contributed by atoms with van der Waals surface area (Å²) in [7, 11) is 0. The Kier molecular flexibility index (Phi) is 3.70. The van der Waals surface area contributed by atoms with E-state index in [0.717, 1.165) is 12.8 Å². The molecule has 1 saturated carbocycles. The number of benzene rings is 1. The predicted molar refractivity (Wildman–Crippen MR) is 88.0 cm³/mol. The molecule has 1 aliphatic heterocycles. The van der Waals surface area contributed by atoms with Crippen LogP contribution in [0.4, 0.5) is 5.95 Å². The number of imidazole rings is 1. The van der Waals surface area contributed by atoms with E-state index in [1.165, 1.54) is 0 Å². The van der Waals surface area contributed by atoms with E-state index >= 15 is 0 Å². The largest absolute Gasteiger partial charge is 0.388 e. The molecule has 4 rings (SSSR count). The normalized spacial score (nSPS) is 31.0. The van der Waals surface area contributed by atoms with Gasteiger partial charge in [0.1, 0.15) is 12.2 Å². The van der Waals surface area contributed by atoms with Gasteiger partial charge in [0.15, 0.2) is 6.23 Å². The molecule has 0 radical (unpaired) electrons. The van der Waals surface area contributed by atoms with Gasteiger partial charge in [-0.1, -0.05) is 23.2 Å². The van der Waals surface area contributed by atoms with Gasteiger partial charge in [0, 0.05) is 6.04 Å². The minimum atomic E-state index is -1.04. The van der Waals surface area contributed by atoms with Crippen molar-refractivity contribution in [3.05, 3.63) is 22.2 Å². The van der Waals surface area contributed by atoms with Gasteiger partial charge < -0.3 is 20.3 Å². The second-order valence-corrected chi connectivity index (χ2v) is 7.01. The standard InChI is InChI=1S/C15H17Cl2N3O3/c1-6-12(21)13(22)14(23-6)20-11-5-9(17)8(16)4-10(11)19-15(20)18-7-2-3-7/h4-7,12-14,21-22H,2-3H2,1H3,(H,18,19)/t6-,12-,13-,14-/m1/s1. The second kappa shape index (κ2) is 5.50. The average Bonchev–Trinajstić information content (AvgIpc) is 3.21. The maximum absolute atomic E-state index is 10.3. The van der Waals surface area contributed by atoms with Crippen LogP contribution in [0.25, 0.3) is 11.0 Å². The number of aliphatic hydroxyl groups is 2. The summed E-state index contributed by atoms with van der Waals surface area (Å²) in [4.78, 5) is 4.56. The van der Waals surface area contributed by atoms with E-state index in [2.05, 4.69) is 10.3 Å². The first-order valence-electron chi connectivity index (χ1n) is 7.61. The van der Waals surface area contributed by atoms with Crippen LogP contribution in [0.2, 0.25) is 10.0 Å². The van der Waals surface area contributed by atoms with Crippen LogP contribution in [0.5, 0.6) is 0 Å². The van der Waals surface area contributed by atoms with Gasteiger partial charge in [-0.05, 0) is 31.9 Å². The van der Waals surface area contributed by atoms with Crippen molar-refractivity contribution in [1.29, 1.82) is 0 Å². The van der Waals surface area contributed by atoms with Gasteiger partial charge in [-0.15, -0.1) is 0 Å². The van der Waals surface area contributed by atoms with Crippen LogP contribution in [0.1, 0.15) is 26.0 Å². The molecule has 0 amide bonds.